The van der Waals surface area contributed by atoms with Gasteiger partial charge >= 0.3 is 0 Å². The lowest BCUT2D eigenvalue weighted by Gasteiger charge is -2.11. The quantitative estimate of drug-likeness (QED) is 0.498. The maximum absolute atomic E-state index is 5.70. The Morgan fingerprint density at radius 2 is 1.27 bits per heavy atom. The highest BCUT2D eigenvalue weighted by Crippen LogP contribution is 2.17. The van der Waals surface area contributed by atoms with Crippen LogP contribution in [0.3, 0.4) is 0 Å². The first kappa shape index (κ1) is 20.0. The average molecular weight is 357 g/mol. The molecule has 0 amide bonds. The van der Waals surface area contributed by atoms with Crippen LogP contribution in [0.5, 0.6) is 11.5 Å². The monoisotopic (exact) mass is 356 g/mol. The molecule has 2 N–H and O–H groups in total. The zero-order valence-electron chi connectivity index (χ0n) is 16.3. The molecule has 4 nitrogen and oxygen atoms in total. The first-order valence-electron chi connectivity index (χ1n) is 9.61. The minimum Gasteiger partial charge on any atom is -0.494 e. The molecule has 0 saturated carbocycles. The predicted octanol–water partition coefficient (Wildman–Crippen LogP) is 5.42. The van der Waals surface area contributed by atoms with Crippen LogP contribution < -0.4 is 20.1 Å². The van der Waals surface area contributed by atoms with E-state index < -0.39 is 0 Å². The van der Waals surface area contributed by atoms with E-state index in [0.29, 0.717) is 5.92 Å². The van der Waals surface area contributed by atoms with Crippen LogP contribution in [0.2, 0.25) is 0 Å². The summed E-state index contributed by atoms with van der Waals surface area (Å²) < 4.78 is 11.4. The Bertz CT molecular complexity index is 609. The minimum absolute atomic E-state index is 0.538. The molecule has 0 aromatic heterocycles. The molecule has 0 aliphatic heterocycles. The van der Waals surface area contributed by atoms with Crippen molar-refractivity contribution in [3.63, 3.8) is 0 Å². The number of hydrogen-bond donors (Lipinski definition) is 2. The number of hydrogen-bond acceptors (Lipinski definition) is 4. The lowest BCUT2D eigenvalue weighted by Crippen LogP contribution is -2.13. The van der Waals surface area contributed by atoms with E-state index in [9.17, 15) is 0 Å². The van der Waals surface area contributed by atoms with E-state index in [4.69, 9.17) is 9.47 Å². The Balaban J connectivity index is 1.65. The molecular formula is C22H32N2O2. The van der Waals surface area contributed by atoms with Gasteiger partial charge in [0.1, 0.15) is 11.5 Å². The van der Waals surface area contributed by atoms with Crippen molar-refractivity contribution in [2.24, 2.45) is 5.92 Å². The predicted molar refractivity (Wildman–Crippen MR) is 111 cm³/mol. The van der Waals surface area contributed by atoms with Crippen molar-refractivity contribution < 1.29 is 9.47 Å². The van der Waals surface area contributed by atoms with E-state index in [1.807, 2.05) is 24.3 Å². The Hall–Kier alpha value is -2.36. The maximum Gasteiger partial charge on any atom is 0.119 e. The average Bonchev–Trinajstić information content (AvgIpc) is 2.66. The number of benzene rings is 2. The molecule has 2 aromatic carbocycles. The summed E-state index contributed by atoms with van der Waals surface area (Å²) in [6.45, 7) is 9.70. The highest BCUT2D eigenvalue weighted by atomic mass is 16.5. The summed E-state index contributed by atoms with van der Waals surface area (Å²) in [6, 6.07) is 16.3. The largest absolute Gasteiger partial charge is 0.494 e. The molecule has 0 spiro atoms. The molecule has 2 rings (SSSR count). The summed E-state index contributed by atoms with van der Waals surface area (Å²) >= 11 is 0. The topological polar surface area (TPSA) is 42.5 Å². The lowest BCUT2D eigenvalue weighted by atomic mass is 10.2. The minimum atomic E-state index is 0.538. The van der Waals surface area contributed by atoms with Crippen LogP contribution in [-0.2, 0) is 0 Å². The van der Waals surface area contributed by atoms with Crippen LogP contribution >= 0.6 is 0 Å². The second kappa shape index (κ2) is 11.3. The molecule has 0 heterocycles. The third-order valence-electron chi connectivity index (χ3n) is 3.84. The molecule has 2 aromatic rings. The summed E-state index contributed by atoms with van der Waals surface area (Å²) in [5.74, 6) is 2.39. The third kappa shape index (κ3) is 7.68. The molecule has 0 aliphatic carbocycles. The van der Waals surface area contributed by atoms with Crippen LogP contribution in [-0.4, -0.2) is 26.3 Å². The fourth-order valence-electron chi connectivity index (χ4n) is 2.35. The zero-order chi connectivity index (χ0) is 18.6. The fraction of sp³-hybridized carbons (Fsp3) is 0.455. The van der Waals surface area contributed by atoms with Gasteiger partial charge in [-0.15, -0.1) is 0 Å². The Kier molecular flexibility index (Phi) is 8.67. The summed E-state index contributed by atoms with van der Waals surface area (Å²) in [5, 5.41) is 6.82. The molecule has 0 bridgehead atoms. The van der Waals surface area contributed by atoms with Crippen LogP contribution in [0.15, 0.2) is 48.5 Å². The van der Waals surface area contributed by atoms with E-state index in [-0.39, 0.29) is 0 Å². The number of ether oxygens (including phenoxy) is 2. The highest BCUT2D eigenvalue weighted by molar-refractivity contribution is 5.48. The van der Waals surface area contributed by atoms with Crippen LogP contribution in [0.1, 0.15) is 33.6 Å². The van der Waals surface area contributed by atoms with Crippen molar-refractivity contribution in [3.05, 3.63) is 48.5 Å². The third-order valence-corrected chi connectivity index (χ3v) is 3.84. The van der Waals surface area contributed by atoms with Gasteiger partial charge in [-0.2, -0.15) is 0 Å². The Morgan fingerprint density at radius 3 is 1.73 bits per heavy atom. The van der Waals surface area contributed by atoms with Gasteiger partial charge < -0.3 is 20.1 Å². The first-order chi connectivity index (χ1) is 12.7. The van der Waals surface area contributed by atoms with Crippen LogP contribution in [0.4, 0.5) is 11.4 Å². The summed E-state index contributed by atoms with van der Waals surface area (Å²) in [7, 11) is 0. The molecule has 26 heavy (non-hydrogen) atoms. The normalized spacial score (nSPS) is 10.6. The number of anilines is 2. The SMILES string of the molecule is CCCCOc1ccc(NCCNc2ccc(OCC(C)C)cc2)cc1. The van der Waals surface area contributed by atoms with E-state index in [1.165, 1.54) is 0 Å². The van der Waals surface area contributed by atoms with Crippen molar-refractivity contribution in [2.45, 2.75) is 33.6 Å². The second-order valence-electron chi connectivity index (χ2n) is 6.81. The van der Waals surface area contributed by atoms with Gasteiger partial charge in [-0.05, 0) is 60.9 Å². The Morgan fingerprint density at radius 1 is 0.769 bits per heavy atom. The van der Waals surface area contributed by atoms with E-state index >= 15 is 0 Å². The van der Waals surface area contributed by atoms with Crippen molar-refractivity contribution in [1.82, 2.24) is 0 Å². The molecule has 0 atom stereocenters. The van der Waals surface area contributed by atoms with E-state index in [2.05, 4.69) is 55.7 Å². The number of nitrogens with one attached hydrogen (secondary N) is 2. The molecule has 0 aliphatic rings. The van der Waals surface area contributed by atoms with Gasteiger partial charge in [-0.3, -0.25) is 0 Å². The second-order valence-corrected chi connectivity index (χ2v) is 6.81. The fourth-order valence-corrected chi connectivity index (χ4v) is 2.35. The first-order valence-corrected chi connectivity index (χ1v) is 9.61. The lowest BCUT2D eigenvalue weighted by molar-refractivity contribution is 0.271. The molecule has 142 valence electrons. The van der Waals surface area contributed by atoms with Crippen LogP contribution in [0.25, 0.3) is 0 Å². The molecule has 0 saturated heterocycles. The van der Waals surface area contributed by atoms with Gasteiger partial charge in [0.05, 0.1) is 13.2 Å². The molecule has 0 radical (unpaired) electrons. The van der Waals surface area contributed by atoms with Crippen molar-refractivity contribution in [1.29, 1.82) is 0 Å². The summed E-state index contributed by atoms with van der Waals surface area (Å²) in [6.07, 6.45) is 2.25. The maximum atomic E-state index is 5.70. The molecule has 0 unspecified atom stereocenters. The van der Waals surface area contributed by atoms with Crippen molar-refractivity contribution in [2.75, 3.05) is 36.9 Å². The van der Waals surface area contributed by atoms with Crippen molar-refractivity contribution in [3.8, 4) is 11.5 Å². The smallest absolute Gasteiger partial charge is 0.119 e. The van der Waals surface area contributed by atoms with E-state index in [1.54, 1.807) is 0 Å². The standard InChI is InChI=1S/C22H32N2O2/c1-4-5-16-25-21-10-6-19(7-11-21)23-14-15-24-20-8-12-22(13-9-20)26-17-18(2)3/h6-13,18,23-24H,4-5,14-17H2,1-3H3. The van der Waals surface area contributed by atoms with E-state index in [0.717, 1.165) is 62.0 Å². The number of rotatable bonds is 12. The Labute approximate surface area is 157 Å². The van der Waals surface area contributed by atoms with Crippen molar-refractivity contribution >= 4 is 11.4 Å². The van der Waals surface area contributed by atoms with Crippen LogP contribution in [0, 0.1) is 5.92 Å². The molecule has 4 heteroatoms. The van der Waals surface area contributed by atoms with Gasteiger partial charge in [-0.1, -0.05) is 27.2 Å². The van der Waals surface area contributed by atoms with Gasteiger partial charge in [0.2, 0.25) is 0 Å². The van der Waals surface area contributed by atoms with Gasteiger partial charge in [-0.25, -0.2) is 0 Å². The van der Waals surface area contributed by atoms with Gasteiger partial charge in [0.15, 0.2) is 0 Å². The summed E-state index contributed by atoms with van der Waals surface area (Å²) in [5.41, 5.74) is 2.20. The zero-order valence-corrected chi connectivity index (χ0v) is 16.3. The number of unbranched alkanes of at least 4 members (excludes halogenated alkanes) is 1. The van der Waals surface area contributed by atoms with Gasteiger partial charge in [0, 0.05) is 24.5 Å². The molecular weight excluding hydrogens is 324 g/mol. The highest BCUT2D eigenvalue weighted by Gasteiger charge is 1.98. The summed E-state index contributed by atoms with van der Waals surface area (Å²) in [4.78, 5) is 0. The molecule has 0 fully saturated rings. The van der Waals surface area contributed by atoms with Gasteiger partial charge in [0.25, 0.3) is 0 Å².